The Labute approximate surface area is 173 Å². The first-order chi connectivity index (χ1) is 14.3. The minimum absolute atomic E-state index is 0.119. The maximum atomic E-state index is 13.8. The third kappa shape index (κ3) is 3.84. The maximum Gasteiger partial charge on any atom is 0.265 e. The molecule has 0 radical (unpaired) electrons. The lowest BCUT2D eigenvalue weighted by molar-refractivity contribution is 0.585. The van der Waals surface area contributed by atoms with Gasteiger partial charge < -0.3 is 0 Å². The van der Waals surface area contributed by atoms with E-state index in [1.807, 2.05) is 30.3 Å². The number of hydrogen-bond donors (Lipinski definition) is 1. The van der Waals surface area contributed by atoms with Crippen molar-refractivity contribution in [3.8, 4) is 5.69 Å². The number of nitrogens with zero attached hydrogens (tertiary/aromatic N) is 4. The van der Waals surface area contributed by atoms with E-state index in [0.29, 0.717) is 17.0 Å². The molecule has 7 nitrogen and oxygen atoms in total. The van der Waals surface area contributed by atoms with Crippen molar-refractivity contribution in [3.63, 3.8) is 0 Å². The minimum atomic E-state index is -3.89. The predicted octanol–water partition coefficient (Wildman–Crippen LogP) is 3.67. The molecule has 0 fully saturated rings. The van der Waals surface area contributed by atoms with Crippen LogP contribution >= 0.6 is 0 Å². The van der Waals surface area contributed by atoms with Crippen LogP contribution in [0.2, 0.25) is 0 Å². The van der Waals surface area contributed by atoms with Crippen molar-refractivity contribution >= 4 is 15.7 Å². The van der Waals surface area contributed by atoms with E-state index in [4.69, 9.17) is 0 Å². The highest BCUT2D eigenvalue weighted by atomic mass is 32.2. The third-order valence-electron chi connectivity index (χ3n) is 4.67. The average Bonchev–Trinajstić information content (AvgIpc) is 3.27. The van der Waals surface area contributed by atoms with E-state index in [1.54, 1.807) is 36.7 Å². The van der Waals surface area contributed by atoms with Gasteiger partial charge in [-0.2, -0.15) is 10.2 Å². The Morgan fingerprint density at radius 3 is 2.47 bits per heavy atom. The first-order valence-corrected chi connectivity index (χ1v) is 10.7. The largest absolute Gasteiger partial charge is 0.276 e. The van der Waals surface area contributed by atoms with E-state index in [2.05, 4.69) is 14.9 Å². The van der Waals surface area contributed by atoms with Crippen LogP contribution in [0.1, 0.15) is 17.0 Å². The van der Waals surface area contributed by atoms with E-state index >= 15 is 0 Å². The molecule has 4 aromatic rings. The highest BCUT2D eigenvalue weighted by molar-refractivity contribution is 7.92. The number of sulfonamides is 1. The molecule has 9 heteroatoms. The lowest BCUT2D eigenvalue weighted by Crippen LogP contribution is -2.14. The van der Waals surface area contributed by atoms with Gasteiger partial charge in [-0.1, -0.05) is 36.4 Å². The summed E-state index contributed by atoms with van der Waals surface area (Å²) < 4.78 is 45.6. The molecule has 0 aliphatic heterocycles. The molecule has 0 spiro atoms. The quantitative estimate of drug-likeness (QED) is 0.511. The van der Waals surface area contributed by atoms with Crippen molar-refractivity contribution in [2.75, 3.05) is 4.72 Å². The summed E-state index contributed by atoms with van der Waals surface area (Å²) in [6.07, 6.45) is 2.92. The maximum absolute atomic E-state index is 13.8. The molecule has 1 N–H and O–H groups in total. The number of para-hydroxylation sites is 1. The monoisotopic (exact) mass is 425 g/mol. The van der Waals surface area contributed by atoms with Gasteiger partial charge in [0.15, 0.2) is 0 Å². The molecule has 0 saturated heterocycles. The van der Waals surface area contributed by atoms with Crippen LogP contribution in [-0.2, 0) is 16.6 Å². The second-order valence-corrected chi connectivity index (χ2v) is 8.49. The van der Waals surface area contributed by atoms with E-state index in [-0.39, 0.29) is 22.9 Å². The second-order valence-electron chi connectivity index (χ2n) is 6.87. The Balaban J connectivity index is 1.59. The van der Waals surface area contributed by atoms with Crippen molar-refractivity contribution in [1.29, 1.82) is 0 Å². The highest BCUT2D eigenvalue weighted by Crippen LogP contribution is 2.25. The summed E-state index contributed by atoms with van der Waals surface area (Å²) in [6, 6.07) is 15.7. The van der Waals surface area contributed by atoms with Gasteiger partial charge in [-0.25, -0.2) is 17.5 Å². The van der Waals surface area contributed by atoms with Crippen LogP contribution in [0.4, 0.5) is 10.1 Å². The van der Waals surface area contributed by atoms with Crippen LogP contribution in [0.5, 0.6) is 0 Å². The Morgan fingerprint density at radius 1 is 1.03 bits per heavy atom. The van der Waals surface area contributed by atoms with Gasteiger partial charge >= 0.3 is 0 Å². The lowest BCUT2D eigenvalue weighted by atomic mass is 10.2. The van der Waals surface area contributed by atoms with E-state index < -0.39 is 10.0 Å². The zero-order valence-electron chi connectivity index (χ0n) is 16.4. The summed E-state index contributed by atoms with van der Waals surface area (Å²) in [4.78, 5) is 0.119. The average molecular weight is 425 g/mol. The molecule has 30 heavy (non-hydrogen) atoms. The molecule has 2 aromatic carbocycles. The molecule has 4 rings (SSSR count). The van der Waals surface area contributed by atoms with Crippen LogP contribution in [0.25, 0.3) is 5.69 Å². The molecule has 154 valence electrons. The van der Waals surface area contributed by atoms with Crippen molar-refractivity contribution in [2.45, 2.75) is 25.3 Å². The zero-order valence-corrected chi connectivity index (χ0v) is 17.3. The highest BCUT2D eigenvalue weighted by Gasteiger charge is 2.25. The molecule has 0 aliphatic carbocycles. The van der Waals surface area contributed by atoms with E-state index in [1.165, 1.54) is 23.1 Å². The molecule has 0 aliphatic rings. The number of benzene rings is 2. The van der Waals surface area contributed by atoms with Gasteiger partial charge in [0.2, 0.25) is 0 Å². The van der Waals surface area contributed by atoms with Gasteiger partial charge in [0.25, 0.3) is 10.0 Å². The Hall–Kier alpha value is -3.46. The molecule has 0 atom stereocenters. The van der Waals surface area contributed by atoms with Crippen LogP contribution in [0.15, 0.2) is 71.9 Å². The Kier molecular flexibility index (Phi) is 5.13. The normalized spacial score (nSPS) is 11.6. The second kappa shape index (κ2) is 7.75. The number of anilines is 1. The fourth-order valence-electron chi connectivity index (χ4n) is 3.35. The SMILES string of the molecule is Cc1nn(-c2ccccc2)c(C)c1S(=O)(=O)Nc1cnn(Cc2ccccc2F)c1. The van der Waals surface area contributed by atoms with Crippen molar-refractivity contribution < 1.29 is 12.8 Å². The fourth-order valence-corrected chi connectivity index (χ4v) is 4.77. The molecular formula is C21H20FN5O2S. The Morgan fingerprint density at radius 2 is 1.73 bits per heavy atom. The molecule has 0 amide bonds. The van der Waals surface area contributed by atoms with Crippen molar-refractivity contribution in [2.24, 2.45) is 0 Å². The summed E-state index contributed by atoms with van der Waals surface area (Å²) in [5.41, 5.74) is 2.42. The summed E-state index contributed by atoms with van der Waals surface area (Å²) in [6.45, 7) is 3.56. The number of aromatic nitrogens is 4. The first kappa shape index (κ1) is 19.8. The van der Waals surface area contributed by atoms with Gasteiger partial charge in [-0.15, -0.1) is 0 Å². The van der Waals surface area contributed by atoms with Gasteiger partial charge in [0, 0.05) is 11.8 Å². The van der Waals surface area contributed by atoms with E-state index in [9.17, 15) is 12.8 Å². The number of hydrogen-bond acceptors (Lipinski definition) is 4. The standard InChI is InChI=1S/C21H20FN5O2S/c1-15-21(16(2)27(24-15)19-9-4-3-5-10-19)30(28,29)25-18-12-23-26(14-18)13-17-8-6-7-11-20(17)22/h3-12,14,25H,13H2,1-2H3. The lowest BCUT2D eigenvalue weighted by Gasteiger charge is -2.07. The fraction of sp³-hybridized carbons (Fsp3) is 0.143. The first-order valence-electron chi connectivity index (χ1n) is 9.25. The molecule has 2 heterocycles. The van der Waals surface area contributed by atoms with Crippen molar-refractivity contribution in [3.05, 3.63) is 89.8 Å². The van der Waals surface area contributed by atoms with Gasteiger partial charge in [0.05, 0.1) is 35.5 Å². The topological polar surface area (TPSA) is 81.8 Å². The van der Waals surface area contributed by atoms with E-state index in [0.717, 1.165) is 5.69 Å². The zero-order chi connectivity index (χ0) is 21.3. The number of halogens is 1. The van der Waals surface area contributed by atoms with Crippen LogP contribution < -0.4 is 4.72 Å². The number of rotatable bonds is 6. The Bertz CT molecular complexity index is 1300. The molecule has 0 unspecified atom stereocenters. The van der Waals surface area contributed by atoms with Crippen LogP contribution in [-0.4, -0.2) is 28.0 Å². The smallest absolute Gasteiger partial charge is 0.265 e. The molecule has 0 saturated carbocycles. The number of aryl methyl sites for hydroxylation is 1. The summed E-state index contributed by atoms with van der Waals surface area (Å²) >= 11 is 0. The van der Waals surface area contributed by atoms with Gasteiger partial charge in [-0.05, 0) is 32.0 Å². The molecule has 2 aromatic heterocycles. The minimum Gasteiger partial charge on any atom is -0.276 e. The van der Waals surface area contributed by atoms with Gasteiger partial charge in [0.1, 0.15) is 10.7 Å². The summed E-state index contributed by atoms with van der Waals surface area (Å²) in [5.74, 6) is -0.338. The van der Waals surface area contributed by atoms with Crippen LogP contribution in [0, 0.1) is 19.7 Å². The van der Waals surface area contributed by atoms with Gasteiger partial charge in [-0.3, -0.25) is 9.40 Å². The third-order valence-corrected chi connectivity index (χ3v) is 6.30. The molecular weight excluding hydrogens is 405 g/mol. The summed E-state index contributed by atoms with van der Waals surface area (Å²) in [5, 5.41) is 8.52. The number of nitrogens with one attached hydrogen (secondary N) is 1. The summed E-state index contributed by atoms with van der Waals surface area (Å²) in [7, 11) is -3.89. The van der Waals surface area contributed by atoms with Crippen LogP contribution in [0.3, 0.4) is 0 Å². The van der Waals surface area contributed by atoms with Crippen molar-refractivity contribution in [1.82, 2.24) is 19.6 Å². The predicted molar refractivity (Wildman–Crippen MR) is 112 cm³/mol. The molecule has 0 bridgehead atoms.